The van der Waals surface area contributed by atoms with Crippen LogP contribution in [0.1, 0.15) is 36.2 Å². The molecule has 1 atom stereocenters. The highest BCUT2D eigenvalue weighted by Gasteiger charge is 2.14. The fraction of sp³-hybridized carbons (Fsp3) is 0.400. The summed E-state index contributed by atoms with van der Waals surface area (Å²) < 4.78 is 7.56. The molecule has 0 aliphatic carbocycles. The number of aryl methyl sites for hydroxylation is 2. The summed E-state index contributed by atoms with van der Waals surface area (Å²) in [5, 5.41) is 4.89. The van der Waals surface area contributed by atoms with Gasteiger partial charge in [0.05, 0.1) is 5.69 Å². The van der Waals surface area contributed by atoms with Gasteiger partial charge in [-0.15, -0.1) is 0 Å². The predicted molar refractivity (Wildman–Crippen MR) is 80.9 cm³/mol. The van der Waals surface area contributed by atoms with E-state index in [0.717, 1.165) is 29.0 Å². The lowest BCUT2D eigenvalue weighted by Gasteiger charge is -2.15. The smallest absolute Gasteiger partial charge is 0.133 e. The molecule has 1 heterocycles. The Morgan fingerprint density at radius 2 is 2.10 bits per heavy atom. The van der Waals surface area contributed by atoms with Gasteiger partial charge in [-0.2, -0.15) is 5.10 Å². The van der Waals surface area contributed by atoms with Crippen LogP contribution >= 0.6 is 11.6 Å². The van der Waals surface area contributed by atoms with E-state index in [0.29, 0.717) is 11.8 Å². The second kappa shape index (κ2) is 6.29. The van der Waals surface area contributed by atoms with Crippen LogP contribution in [0.3, 0.4) is 0 Å². The molecule has 1 aromatic carbocycles. The first-order chi connectivity index (χ1) is 9.54. The molecule has 0 saturated heterocycles. The molecule has 0 radical (unpaired) electrons. The molecular weight excluding hydrogens is 274 g/mol. The molecule has 20 heavy (non-hydrogen) atoms. The average molecular weight is 294 g/mol. The minimum absolute atomic E-state index is 0.0170. The number of benzene rings is 1. The normalized spacial score (nSPS) is 12.4. The maximum atomic E-state index is 6.21. The lowest BCUT2D eigenvalue weighted by Crippen LogP contribution is -2.11. The summed E-state index contributed by atoms with van der Waals surface area (Å²) in [6.07, 6.45) is 0.868. The minimum atomic E-state index is -0.0170. The number of para-hydroxylation sites is 1. The van der Waals surface area contributed by atoms with Crippen LogP contribution in [-0.4, -0.2) is 9.78 Å². The topological polar surface area (TPSA) is 53.1 Å². The number of aromatic nitrogens is 2. The first-order valence-corrected chi connectivity index (χ1v) is 7.07. The van der Waals surface area contributed by atoms with E-state index >= 15 is 0 Å². The minimum Gasteiger partial charge on any atom is -0.488 e. The monoisotopic (exact) mass is 293 g/mol. The maximum absolute atomic E-state index is 6.21. The van der Waals surface area contributed by atoms with Crippen LogP contribution in [0.15, 0.2) is 24.3 Å². The molecule has 2 aromatic rings. The van der Waals surface area contributed by atoms with Crippen molar-refractivity contribution >= 4 is 11.6 Å². The molecule has 0 spiro atoms. The summed E-state index contributed by atoms with van der Waals surface area (Å²) in [6.45, 7) is 4.38. The Kier molecular flexibility index (Phi) is 4.68. The van der Waals surface area contributed by atoms with Gasteiger partial charge in [-0.05, 0) is 19.4 Å². The van der Waals surface area contributed by atoms with Crippen molar-refractivity contribution in [3.8, 4) is 5.75 Å². The zero-order valence-corrected chi connectivity index (χ0v) is 12.8. The molecule has 0 bridgehead atoms. The van der Waals surface area contributed by atoms with Crippen LogP contribution in [0, 0.1) is 6.92 Å². The molecule has 2 rings (SSSR count). The molecule has 108 valence electrons. The zero-order chi connectivity index (χ0) is 14.7. The van der Waals surface area contributed by atoms with Crippen LogP contribution in [0.5, 0.6) is 5.75 Å². The molecule has 0 aliphatic heterocycles. The van der Waals surface area contributed by atoms with E-state index in [-0.39, 0.29) is 6.04 Å². The maximum Gasteiger partial charge on any atom is 0.133 e. The van der Waals surface area contributed by atoms with Gasteiger partial charge in [0.25, 0.3) is 0 Å². The Bertz CT molecular complexity index is 595. The molecule has 0 unspecified atom stereocenters. The van der Waals surface area contributed by atoms with Gasteiger partial charge in [0.1, 0.15) is 17.5 Å². The Morgan fingerprint density at radius 1 is 1.40 bits per heavy atom. The number of nitrogens with zero attached hydrogens (tertiary/aromatic N) is 2. The van der Waals surface area contributed by atoms with Gasteiger partial charge >= 0.3 is 0 Å². The number of halogens is 1. The van der Waals surface area contributed by atoms with Gasteiger partial charge < -0.3 is 10.5 Å². The van der Waals surface area contributed by atoms with E-state index in [9.17, 15) is 0 Å². The van der Waals surface area contributed by atoms with Crippen molar-refractivity contribution in [2.75, 3.05) is 0 Å². The van der Waals surface area contributed by atoms with Crippen LogP contribution in [0.4, 0.5) is 0 Å². The third-order valence-electron chi connectivity index (χ3n) is 3.40. The van der Waals surface area contributed by atoms with Crippen molar-refractivity contribution in [3.63, 3.8) is 0 Å². The molecule has 5 heteroatoms. The van der Waals surface area contributed by atoms with Gasteiger partial charge in [0, 0.05) is 24.2 Å². The summed E-state index contributed by atoms with van der Waals surface area (Å²) in [5.41, 5.74) is 8.92. The van der Waals surface area contributed by atoms with Crippen molar-refractivity contribution in [1.29, 1.82) is 0 Å². The highest BCUT2D eigenvalue weighted by atomic mass is 35.5. The Labute approximate surface area is 124 Å². The quantitative estimate of drug-likeness (QED) is 0.919. The van der Waals surface area contributed by atoms with E-state index in [1.165, 1.54) is 0 Å². The van der Waals surface area contributed by atoms with E-state index in [4.69, 9.17) is 22.1 Å². The second-order valence-corrected chi connectivity index (χ2v) is 5.18. The fourth-order valence-corrected chi connectivity index (χ4v) is 2.36. The standard InChI is InChI=1S/C15H20ClN3O/c1-4-13(17)11-7-5-6-8-14(11)20-9-12-10(2)18-19(3)15(12)16/h5-8,13H,4,9,17H2,1-3H3/t13-/m0/s1. The molecule has 4 nitrogen and oxygen atoms in total. The van der Waals surface area contributed by atoms with E-state index < -0.39 is 0 Å². The Hall–Kier alpha value is -1.52. The van der Waals surface area contributed by atoms with Gasteiger partial charge in [0.15, 0.2) is 0 Å². The van der Waals surface area contributed by atoms with Crippen molar-refractivity contribution < 1.29 is 4.74 Å². The predicted octanol–water partition coefficient (Wildman–Crippen LogP) is 3.37. The van der Waals surface area contributed by atoms with Crippen molar-refractivity contribution in [3.05, 3.63) is 46.2 Å². The van der Waals surface area contributed by atoms with Crippen LogP contribution in [0.25, 0.3) is 0 Å². The summed E-state index contributed by atoms with van der Waals surface area (Å²) in [5.74, 6) is 0.807. The molecule has 0 aliphatic rings. The van der Waals surface area contributed by atoms with Crippen molar-refractivity contribution in [1.82, 2.24) is 9.78 Å². The Balaban J connectivity index is 2.19. The van der Waals surface area contributed by atoms with Gasteiger partial charge in [-0.25, -0.2) is 0 Å². The first kappa shape index (κ1) is 14.9. The number of ether oxygens (including phenoxy) is 1. The molecule has 0 fully saturated rings. The second-order valence-electron chi connectivity index (χ2n) is 4.82. The van der Waals surface area contributed by atoms with Crippen molar-refractivity contribution in [2.45, 2.75) is 32.9 Å². The summed E-state index contributed by atoms with van der Waals surface area (Å²) in [6, 6.07) is 7.83. The summed E-state index contributed by atoms with van der Waals surface area (Å²) in [7, 11) is 1.82. The molecule has 0 amide bonds. The number of nitrogens with two attached hydrogens (primary N) is 1. The fourth-order valence-electron chi connectivity index (χ4n) is 2.13. The zero-order valence-electron chi connectivity index (χ0n) is 12.1. The van der Waals surface area contributed by atoms with E-state index in [1.807, 2.05) is 38.2 Å². The average Bonchev–Trinajstić information content (AvgIpc) is 2.70. The van der Waals surface area contributed by atoms with Crippen LogP contribution in [0.2, 0.25) is 5.15 Å². The third kappa shape index (κ3) is 2.97. The van der Waals surface area contributed by atoms with Gasteiger partial charge in [0.2, 0.25) is 0 Å². The molecule has 1 aromatic heterocycles. The summed E-state index contributed by atoms with van der Waals surface area (Å²) >= 11 is 6.21. The lowest BCUT2D eigenvalue weighted by atomic mass is 10.0. The Morgan fingerprint density at radius 3 is 2.70 bits per heavy atom. The number of hydrogen-bond acceptors (Lipinski definition) is 3. The number of hydrogen-bond donors (Lipinski definition) is 1. The van der Waals surface area contributed by atoms with Gasteiger partial charge in [-0.1, -0.05) is 36.7 Å². The highest BCUT2D eigenvalue weighted by molar-refractivity contribution is 6.30. The van der Waals surface area contributed by atoms with E-state index in [1.54, 1.807) is 4.68 Å². The highest BCUT2D eigenvalue weighted by Crippen LogP contribution is 2.27. The summed E-state index contributed by atoms with van der Waals surface area (Å²) in [4.78, 5) is 0. The van der Waals surface area contributed by atoms with Crippen LogP contribution in [-0.2, 0) is 13.7 Å². The van der Waals surface area contributed by atoms with Crippen molar-refractivity contribution in [2.24, 2.45) is 12.8 Å². The lowest BCUT2D eigenvalue weighted by molar-refractivity contribution is 0.300. The SMILES string of the molecule is CC[C@H](N)c1ccccc1OCc1c(C)nn(C)c1Cl. The largest absolute Gasteiger partial charge is 0.488 e. The molecule has 0 saturated carbocycles. The third-order valence-corrected chi connectivity index (χ3v) is 3.87. The first-order valence-electron chi connectivity index (χ1n) is 6.69. The number of rotatable bonds is 5. The molecular formula is C15H20ClN3O. The van der Waals surface area contributed by atoms with Gasteiger partial charge in [-0.3, -0.25) is 4.68 Å². The van der Waals surface area contributed by atoms with E-state index in [2.05, 4.69) is 12.0 Å². The molecule has 2 N–H and O–H groups in total. The van der Waals surface area contributed by atoms with Crippen LogP contribution < -0.4 is 10.5 Å².